The third-order valence-corrected chi connectivity index (χ3v) is 4.98. The first-order chi connectivity index (χ1) is 13.0. The Hall–Kier alpha value is -1.79. The second-order valence-electron chi connectivity index (χ2n) is 7.41. The van der Waals surface area contributed by atoms with E-state index in [-0.39, 0.29) is 18.0 Å². The van der Waals surface area contributed by atoms with Crippen molar-refractivity contribution < 1.29 is 19.0 Å². The first-order valence-electron chi connectivity index (χ1n) is 9.83. The van der Waals surface area contributed by atoms with Crippen LogP contribution in [0.3, 0.4) is 0 Å². The van der Waals surface area contributed by atoms with Crippen molar-refractivity contribution in [1.29, 1.82) is 0 Å². The maximum Gasteiger partial charge on any atom is 0.254 e. The summed E-state index contributed by atoms with van der Waals surface area (Å²) >= 11 is 0. The third-order valence-electron chi connectivity index (χ3n) is 4.98. The fourth-order valence-corrected chi connectivity index (χ4v) is 3.50. The molecule has 0 aliphatic carbocycles. The topological polar surface area (TPSA) is 60.0 Å². The molecule has 6 nitrogen and oxygen atoms in total. The van der Waals surface area contributed by atoms with Crippen molar-refractivity contribution in [3.05, 3.63) is 23.8 Å². The van der Waals surface area contributed by atoms with Gasteiger partial charge in [-0.1, -0.05) is 0 Å². The zero-order chi connectivity index (χ0) is 19.8. The van der Waals surface area contributed by atoms with Crippen LogP contribution in [0.1, 0.15) is 50.4 Å². The van der Waals surface area contributed by atoms with Gasteiger partial charge in [-0.3, -0.25) is 4.79 Å². The van der Waals surface area contributed by atoms with E-state index in [1.54, 1.807) is 26.4 Å². The average molecular weight is 379 g/mol. The number of ether oxygens (including phenoxy) is 3. The van der Waals surface area contributed by atoms with Gasteiger partial charge in [0.2, 0.25) is 0 Å². The van der Waals surface area contributed by atoms with Gasteiger partial charge < -0.3 is 24.4 Å². The Labute approximate surface area is 163 Å². The van der Waals surface area contributed by atoms with Crippen LogP contribution in [0.15, 0.2) is 18.2 Å². The molecular weight excluding hydrogens is 344 g/mol. The summed E-state index contributed by atoms with van der Waals surface area (Å²) in [5.74, 6) is 1.27. The molecule has 1 aliphatic rings. The molecule has 1 fully saturated rings. The lowest BCUT2D eigenvalue weighted by atomic mass is 9.98. The predicted octanol–water partition coefficient (Wildman–Crippen LogP) is 3.10. The van der Waals surface area contributed by atoms with Crippen LogP contribution < -0.4 is 14.8 Å². The fraction of sp³-hybridized carbons (Fsp3) is 0.667. The van der Waals surface area contributed by atoms with Crippen molar-refractivity contribution in [3.8, 4) is 11.5 Å². The van der Waals surface area contributed by atoms with E-state index < -0.39 is 0 Å². The molecule has 2 rings (SSSR count). The van der Waals surface area contributed by atoms with Gasteiger partial charge in [0.15, 0.2) is 11.5 Å². The fourth-order valence-electron chi connectivity index (χ4n) is 3.50. The van der Waals surface area contributed by atoms with E-state index >= 15 is 0 Å². The minimum Gasteiger partial charge on any atom is -0.493 e. The quantitative estimate of drug-likeness (QED) is 0.669. The van der Waals surface area contributed by atoms with Crippen LogP contribution in [0.5, 0.6) is 11.5 Å². The highest BCUT2D eigenvalue weighted by Crippen LogP contribution is 2.30. The Kier molecular flexibility index (Phi) is 8.38. The summed E-state index contributed by atoms with van der Waals surface area (Å²) in [6.45, 7) is 8.31. The van der Waals surface area contributed by atoms with E-state index in [1.807, 2.05) is 11.0 Å². The van der Waals surface area contributed by atoms with Gasteiger partial charge in [0.1, 0.15) is 0 Å². The number of methoxy groups -OCH3 is 2. The molecule has 27 heavy (non-hydrogen) atoms. The van der Waals surface area contributed by atoms with E-state index in [4.69, 9.17) is 14.2 Å². The number of nitrogens with zero attached hydrogens (tertiary/aromatic N) is 1. The number of hydrogen-bond acceptors (Lipinski definition) is 5. The Morgan fingerprint density at radius 2 is 2.00 bits per heavy atom. The Morgan fingerprint density at radius 1 is 1.22 bits per heavy atom. The number of carbonyl (C=O) groups is 1. The summed E-state index contributed by atoms with van der Waals surface area (Å²) < 4.78 is 16.3. The van der Waals surface area contributed by atoms with Crippen LogP contribution in [0, 0.1) is 0 Å². The molecule has 1 N–H and O–H groups in total. The van der Waals surface area contributed by atoms with Crippen molar-refractivity contribution in [2.24, 2.45) is 0 Å². The maximum atomic E-state index is 13.3. The summed E-state index contributed by atoms with van der Waals surface area (Å²) in [4.78, 5) is 15.3. The first kappa shape index (κ1) is 21.5. The third kappa shape index (κ3) is 5.84. The van der Waals surface area contributed by atoms with Crippen LogP contribution in [0.2, 0.25) is 0 Å². The van der Waals surface area contributed by atoms with Crippen molar-refractivity contribution in [3.63, 3.8) is 0 Å². The number of benzene rings is 1. The molecule has 0 radical (unpaired) electrons. The van der Waals surface area contributed by atoms with Gasteiger partial charge in [0, 0.05) is 50.4 Å². The van der Waals surface area contributed by atoms with Gasteiger partial charge in [-0.15, -0.1) is 0 Å². The summed E-state index contributed by atoms with van der Waals surface area (Å²) in [6, 6.07) is 6.27. The molecule has 2 atom stereocenters. The normalized spacial score (nSPS) is 19.8. The van der Waals surface area contributed by atoms with Crippen LogP contribution in [-0.4, -0.2) is 62.9 Å². The van der Waals surface area contributed by atoms with E-state index in [2.05, 4.69) is 26.1 Å². The lowest BCUT2D eigenvalue weighted by Gasteiger charge is -2.39. The molecule has 0 spiro atoms. The predicted molar refractivity (Wildman–Crippen MR) is 107 cm³/mol. The minimum absolute atomic E-state index is 0.0377. The van der Waals surface area contributed by atoms with Gasteiger partial charge in [-0.25, -0.2) is 0 Å². The van der Waals surface area contributed by atoms with E-state index in [1.165, 1.54) is 0 Å². The highest BCUT2D eigenvalue weighted by atomic mass is 16.5. The number of amides is 1. The number of piperidine rings is 1. The summed E-state index contributed by atoms with van der Waals surface area (Å²) in [7, 11) is 3.27. The summed E-state index contributed by atoms with van der Waals surface area (Å²) in [6.07, 6.45) is 2.88. The van der Waals surface area contributed by atoms with Gasteiger partial charge >= 0.3 is 0 Å². The van der Waals surface area contributed by atoms with Crippen LogP contribution in [-0.2, 0) is 4.74 Å². The maximum absolute atomic E-state index is 13.3. The summed E-state index contributed by atoms with van der Waals surface area (Å²) in [5.41, 5.74) is 0.630. The zero-order valence-electron chi connectivity index (χ0n) is 17.3. The molecule has 1 saturated heterocycles. The van der Waals surface area contributed by atoms with Crippen LogP contribution in [0.4, 0.5) is 0 Å². The molecular formula is C21H34N2O4. The van der Waals surface area contributed by atoms with Crippen molar-refractivity contribution in [1.82, 2.24) is 10.2 Å². The Bertz CT molecular complexity index is 598. The zero-order valence-corrected chi connectivity index (χ0v) is 17.3. The number of rotatable bonds is 9. The molecule has 0 bridgehead atoms. The van der Waals surface area contributed by atoms with Crippen molar-refractivity contribution in [2.75, 3.05) is 34.0 Å². The molecule has 0 unspecified atom stereocenters. The molecule has 152 valence electrons. The SMILES string of the molecule is COCCCOc1cc(C(=O)N(C(C)C)[C@@H]2CC[C@H](C)NC2)ccc1OC. The first-order valence-corrected chi connectivity index (χ1v) is 9.83. The van der Waals surface area contributed by atoms with E-state index in [0.29, 0.717) is 36.3 Å². The Morgan fingerprint density at radius 3 is 2.59 bits per heavy atom. The minimum atomic E-state index is 0.0377. The molecule has 0 saturated carbocycles. The van der Waals surface area contributed by atoms with E-state index in [0.717, 1.165) is 25.8 Å². The number of carbonyl (C=O) groups excluding carboxylic acids is 1. The molecule has 6 heteroatoms. The van der Waals surface area contributed by atoms with Crippen molar-refractivity contribution >= 4 is 5.91 Å². The highest BCUT2D eigenvalue weighted by molar-refractivity contribution is 5.95. The molecule has 0 aromatic heterocycles. The van der Waals surface area contributed by atoms with Gasteiger partial charge in [-0.2, -0.15) is 0 Å². The summed E-state index contributed by atoms with van der Waals surface area (Å²) in [5, 5.41) is 3.49. The number of nitrogens with one attached hydrogen (secondary N) is 1. The number of hydrogen-bond donors (Lipinski definition) is 1. The second kappa shape index (κ2) is 10.5. The smallest absolute Gasteiger partial charge is 0.254 e. The molecule has 1 aromatic carbocycles. The van der Waals surface area contributed by atoms with E-state index in [9.17, 15) is 4.79 Å². The largest absolute Gasteiger partial charge is 0.493 e. The van der Waals surface area contributed by atoms with Crippen LogP contribution in [0.25, 0.3) is 0 Å². The molecule has 1 amide bonds. The lowest BCUT2D eigenvalue weighted by molar-refractivity contribution is 0.0558. The molecule has 1 heterocycles. The van der Waals surface area contributed by atoms with Crippen molar-refractivity contribution in [2.45, 2.75) is 58.2 Å². The second-order valence-corrected chi connectivity index (χ2v) is 7.41. The lowest BCUT2D eigenvalue weighted by Crippen LogP contribution is -2.53. The van der Waals surface area contributed by atoms with Gasteiger partial charge in [-0.05, 0) is 51.8 Å². The Balaban J connectivity index is 2.16. The van der Waals surface area contributed by atoms with Gasteiger partial charge in [0.05, 0.1) is 13.7 Å². The molecule has 1 aliphatic heterocycles. The molecule has 1 aromatic rings. The average Bonchev–Trinajstić information content (AvgIpc) is 2.66. The van der Waals surface area contributed by atoms with Crippen LogP contribution >= 0.6 is 0 Å². The van der Waals surface area contributed by atoms with Gasteiger partial charge in [0.25, 0.3) is 5.91 Å². The standard InChI is InChI=1S/C21H34N2O4/c1-15(2)23(18-9-7-16(3)22-14-18)21(24)17-8-10-19(26-5)20(13-17)27-12-6-11-25-4/h8,10,13,15-16,18,22H,6-7,9,11-12,14H2,1-5H3/t16-,18+/m0/s1. The monoisotopic (exact) mass is 378 g/mol. The highest BCUT2D eigenvalue weighted by Gasteiger charge is 2.30.